The number of carbonyl (C=O) groups is 3. The molecule has 7 heteroatoms. The molecule has 0 aromatic heterocycles. The number of imide groups is 1. The molecule has 178 valence electrons. The van der Waals surface area contributed by atoms with Crippen LogP contribution in [-0.4, -0.2) is 52.7 Å². The van der Waals surface area contributed by atoms with Crippen molar-refractivity contribution >= 4 is 29.3 Å². The van der Waals surface area contributed by atoms with Crippen LogP contribution in [0.15, 0.2) is 48.5 Å². The predicted octanol–water partition coefficient (Wildman–Crippen LogP) is 4.28. The molecule has 2 aromatic carbocycles. The minimum Gasteiger partial charge on any atom is -0.338 e. The number of carbonyl (C=O) groups excluding carboxylic acids is 3. The first-order valence-electron chi connectivity index (χ1n) is 12.3. The Hall–Kier alpha value is -2.70. The van der Waals surface area contributed by atoms with Gasteiger partial charge in [-0.2, -0.15) is 0 Å². The topological polar surface area (TPSA) is 69.7 Å². The number of nitrogens with one attached hydrogen (secondary N) is 1. The molecule has 1 N–H and O–H groups in total. The molecule has 1 saturated carbocycles. The molecule has 2 aliphatic heterocycles. The van der Waals surface area contributed by atoms with Crippen molar-refractivity contribution < 1.29 is 14.4 Å². The highest BCUT2D eigenvalue weighted by Crippen LogP contribution is 2.35. The Morgan fingerprint density at radius 3 is 2.29 bits per heavy atom. The van der Waals surface area contributed by atoms with E-state index in [1.807, 2.05) is 29.2 Å². The number of hydrogen-bond acceptors (Lipinski definition) is 4. The monoisotopic (exact) mass is 479 g/mol. The fourth-order valence-corrected chi connectivity index (χ4v) is 5.89. The number of amides is 3. The molecule has 6 nitrogen and oxygen atoms in total. The molecule has 5 rings (SSSR count). The van der Waals surface area contributed by atoms with Crippen LogP contribution >= 0.6 is 11.6 Å². The standard InChI is InChI=1S/C27H30ClN3O3/c28-20-13-11-18(12-14-20)16-29-23(17-31-25(32)21-8-2-3-9-22(21)26(31)33)27(34)30-15-5-7-19-6-1-4-10-24(19)30/h2-3,8-9,11-14,19,23-24,29H,1,4-7,10,15-17H2/t19-,23-,24+/m1/s1. The predicted molar refractivity (Wildman–Crippen MR) is 131 cm³/mol. The summed E-state index contributed by atoms with van der Waals surface area (Å²) in [5, 5.41) is 4.01. The number of likely N-dealkylation sites (tertiary alicyclic amines) is 1. The summed E-state index contributed by atoms with van der Waals surface area (Å²) in [4.78, 5) is 43.2. The van der Waals surface area contributed by atoms with E-state index in [-0.39, 0.29) is 30.3 Å². The molecule has 0 bridgehead atoms. The maximum Gasteiger partial charge on any atom is 0.261 e. The van der Waals surface area contributed by atoms with Gasteiger partial charge in [0, 0.05) is 24.2 Å². The number of fused-ring (bicyclic) bond motifs is 2. The molecule has 34 heavy (non-hydrogen) atoms. The highest BCUT2D eigenvalue weighted by atomic mass is 35.5. The Bertz CT molecular complexity index is 1050. The molecule has 0 radical (unpaired) electrons. The van der Waals surface area contributed by atoms with Crippen LogP contribution in [0.5, 0.6) is 0 Å². The van der Waals surface area contributed by atoms with E-state index >= 15 is 0 Å². The van der Waals surface area contributed by atoms with Crippen LogP contribution in [-0.2, 0) is 11.3 Å². The van der Waals surface area contributed by atoms with Crippen molar-refractivity contribution in [3.8, 4) is 0 Å². The third kappa shape index (κ3) is 4.49. The lowest BCUT2D eigenvalue weighted by atomic mass is 9.78. The molecule has 2 heterocycles. The van der Waals surface area contributed by atoms with Crippen molar-refractivity contribution in [1.82, 2.24) is 15.1 Å². The zero-order chi connectivity index (χ0) is 23.7. The smallest absolute Gasteiger partial charge is 0.261 e. The van der Waals surface area contributed by atoms with Crippen molar-refractivity contribution in [2.24, 2.45) is 5.92 Å². The van der Waals surface area contributed by atoms with Crippen molar-refractivity contribution in [2.75, 3.05) is 13.1 Å². The van der Waals surface area contributed by atoms with E-state index < -0.39 is 6.04 Å². The molecule has 3 atom stereocenters. The second-order valence-electron chi connectivity index (χ2n) is 9.61. The first-order chi connectivity index (χ1) is 16.5. The van der Waals surface area contributed by atoms with E-state index in [1.165, 1.54) is 24.2 Å². The average molecular weight is 480 g/mol. The Morgan fingerprint density at radius 2 is 1.59 bits per heavy atom. The van der Waals surface area contributed by atoms with Crippen molar-refractivity contribution in [3.63, 3.8) is 0 Å². The van der Waals surface area contributed by atoms with Crippen LogP contribution in [0.2, 0.25) is 5.02 Å². The molecule has 1 aliphatic carbocycles. The van der Waals surface area contributed by atoms with Crippen LogP contribution in [0.3, 0.4) is 0 Å². The first-order valence-corrected chi connectivity index (χ1v) is 12.6. The van der Waals surface area contributed by atoms with Gasteiger partial charge in [-0.05, 0) is 61.4 Å². The third-order valence-electron chi connectivity index (χ3n) is 7.53. The summed E-state index contributed by atoms with van der Waals surface area (Å²) in [6.45, 7) is 1.20. The Kier molecular flexibility index (Phi) is 6.70. The van der Waals surface area contributed by atoms with Crippen LogP contribution < -0.4 is 5.32 Å². The number of nitrogens with zero attached hydrogens (tertiary/aromatic N) is 2. The lowest BCUT2D eigenvalue weighted by Gasteiger charge is -2.45. The van der Waals surface area contributed by atoms with Crippen molar-refractivity contribution in [3.05, 3.63) is 70.2 Å². The van der Waals surface area contributed by atoms with Crippen molar-refractivity contribution in [1.29, 1.82) is 0 Å². The lowest BCUT2D eigenvalue weighted by Crippen LogP contribution is -2.58. The second kappa shape index (κ2) is 9.88. The maximum absolute atomic E-state index is 13.9. The molecule has 0 unspecified atom stereocenters. The summed E-state index contributed by atoms with van der Waals surface area (Å²) in [6.07, 6.45) is 6.77. The van der Waals surface area contributed by atoms with Gasteiger partial charge < -0.3 is 10.2 Å². The zero-order valence-electron chi connectivity index (χ0n) is 19.2. The van der Waals surface area contributed by atoms with Gasteiger partial charge in [-0.1, -0.05) is 48.7 Å². The third-order valence-corrected chi connectivity index (χ3v) is 7.79. The van der Waals surface area contributed by atoms with Crippen molar-refractivity contribution in [2.45, 2.75) is 57.2 Å². The molecule has 3 aliphatic rings. The Labute approximate surface area is 205 Å². The quantitative estimate of drug-likeness (QED) is 0.628. The Balaban J connectivity index is 1.38. The minimum absolute atomic E-state index is 0.0119. The SMILES string of the molecule is O=C1c2ccccc2C(=O)N1C[C@@H](NCc1ccc(Cl)cc1)C(=O)N1CCC[C@H]2CCCC[C@@H]21. The summed E-state index contributed by atoms with van der Waals surface area (Å²) in [5.41, 5.74) is 1.79. The largest absolute Gasteiger partial charge is 0.338 e. The van der Waals surface area contributed by atoms with Crippen LogP contribution in [0.25, 0.3) is 0 Å². The van der Waals surface area contributed by atoms with Gasteiger partial charge in [-0.15, -0.1) is 0 Å². The zero-order valence-corrected chi connectivity index (χ0v) is 20.0. The van der Waals surface area contributed by atoms with Gasteiger partial charge in [0.05, 0.1) is 17.7 Å². The van der Waals surface area contributed by atoms with Crippen LogP contribution in [0.1, 0.15) is 64.8 Å². The number of halogens is 1. The summed E-state index contributed by atoms with van der Waals surface area (Å²) >= 11 is 6.02. The molecule has 2 aromatic rings. The van der Waals surface area contributed by atoms with Gasteiger partial charge in [0.25, 0.3) is 11.8 Å². The molecular formula is C27H30ClN3O3. The fraction of sp³-hybridized carbons (Fsp3) is 0.444. The lowest BCUT2D eigenvalue weighted by molar-refractivity contribution is -0.140. The van der Waals surface area contributed by atoms with Gasteiger partial charge >= 0.3 is 0 Å². The normalized spacial score (nSPS) is 23.0. The molecule has 2 fully saturated rings. The van der Waals surface area contributed by atoms with Crippen LogP contribution in [0, 0.1) is 5.92 Å². The summed E-state index contributed by atoms with van der Waals surface area (Å²) < 4.78 is 0. The maximum atomic E-state index is 13.9. The highest BCUT2D eigenvalue weighted by molar-refractivity contribution is 6.30. The fourth-order valence-electron chi connectivity index (χ4n) is 5.76. The number of benzene rings is 2. The van der Waals surface area contributed by atoms with Crippen LogP contribution in [0.4, 0.5) is 0 Å². The summed E-state index contributed by atoms with van der Waals surface area (Å²) in [5.74, 6) is -0.119. The van der Waals surface area contributed by atoms with Gasteiger partial charge in [-0.25, -0.2) is 0 Å². The highest BCUT2D eigenvalue weighted by Gasteiger charge is 2.41. The van der Waals surface area contributed by atoms with E-state index in [2.05, 4.69) is 5.32 Å². The van der Waals surface area contributed by atoms with Gasteiger partial charge in [0.2, 0.25) is 5.91 Å². The minimum atomic E-state index is -0.668. The van der Waals surface area contributed by atoms with E-state index in [4.69, 9.17) is 11.6 Å². The second-order valence-corrected chi connectivity index (χ2v) is 10.0. The first kappa shape index (κ1) is 23.1. The van der Waals surface area contributed by atoms with Gasteiger partial charge in [0.15, 0.2) is 0 Å². The average Bonchev–Trinajstić information content (AvgIpc) is 3.11. The van der Waals surface area contributed by atoms with Gasteiger partial charge in [0.1, 0.15) is 6.04 Å². The van der Waals surface area contributed by atoms with E-state index in [0.717, 1.165) is 31.4 Å². The summed E-state index contributed by atoms with van der Waals surface area (Å²) in [7, 11) is 0. The number of piperidine rings is 1. The number of hydrogen-bond donors (Lipinski definition) is 1. The van der Waals surface area contributed by atoms with Gasteiger partial charge in [-0.3, -0.25) is 19.3 Å². The van der Waals surface area contributed by atoms with E-state index in [0.29, 0.717) is 28.6 Å². The van der Waals surface area contributed by atoms with E-state index in [1.54, 1.807) is 24.3 Å². The molecule has 0 spiro atoms. The Morgan fingerprint density at radius 1 is 0.941 bits per heavy atom. The molecule has 3 amide bonds. The van der Waals surface area contributed by atoms with E-state index in [9.17, 15) is 14.4 Å². The molecular weight excluding hydrogens is 450 g/mol. The number of rotatable bonds is 6. The summed E-state index contributed by atoms with van der Waals surface area (Å²) in [6, 6.07) is 13.9. The molecule has 1 saturated heterocycles.